The van der Waals surface area contributed by atoms with Crippen LogP contribution in [0.5, 0.6) is 0 Å². The van der Waals surface area contributed by atoms with E-state index in [1.807, 2.05) is 20.8 Å². The molecule has 0 aromatic heterocycles. The molecule has 0 aromatic rings. The minimum atomic E-state index is -0.933. The second kappa shape index (κ2) is 12.5. The van der Waals surface area contributed by atoms with Crippen molar-refractivity contribution in [3.05, 3.63) is 12.2 Å². The zero-order valence-electron chi connectivity index (χ0n) is 19.0. The zero-order chi connectivity index (χ0) is 22.1. The standard InChI is InChI=1S/C22H41FN6O/c1-5-16(23)12-28-15(4)19(21(24)26-6-2)22(30)29-18-13-25-11-9-17(18)20-14(3)8-7-10-27-20/h7-8,14-19,21,25-26,28H,5-6,9-13,24H2,1-4H3,(H,29,30). The predicted octanol–water partition coefficient (Wildman–Crippen LogP) is 0.964. The molecule has 2 aliphatic heterocycles. The van der Waals surface area contributed by atoms with Gasteiger partial charge in [-0.1, -0.05) is 32.9 Å². The number of piperidine rings is 1. The quantitative estimate of drug-likeness (QED) is 0.251. The molecule has 1 saturated heterocycles. The number of carbonyl (C=O) groups is 1. The summed E-state index contributed by atoms with van der Waals surface area (Å²) < 4.78 is 13.7. The molecule has 6 N–H and O–H groups in total. The van der Waals surface area contributed by atoms with E-state index in [0.717, 1.165) is 13.0 Å². The molecule has 7 nitrogen and oxygen atoms in total. The Kier molecular flexibility index (Phi) is 10.4. The molecule has 1 fully saturated rings. The number of carbonyl (C=O) groups excluding carboxylic acids is 1. The lowest BCUT2D eigenvalue weighted by Gasteiger charge is -2.38. The number of nitrogens with two attached hydrogens (primary N) is 1. The average molecular weight is 425 g/mol. The summed E-state index contributed by atoms with van der Waals surface area (Å²) in [5.41, 5.74) is 7.49. The summed E-state index contributed by atoms with van der Waals surface area (Å²) in [5, 5.41) is 13.0. The fraction of sp³-hybridized carbons (Fsp3) is 0.818. The van der Waals surface area contributed by atoms with E-state index < -0.39 is 18.3 Å². The number of amides is 1. The molecule has 172 valence electrons. The van der Waals surface area contributed by atoms with Crippen LogP contribution in [-0.4, -0.2) is 68.8 Å². The molecule has 7 atom stereocenters. The summed E-state index contributed by atoms with van der Waals surface area (Å²) in [6, 6.07) is -0.292. The third-order valence-electron chi connectivity index (χ3n) is 6.23. The van der Waals surface area contributed by atoms with Crippen LogP contribution in [0, 0.1) is 17.8 Å². The van der Waals surface area contributed by atoms with Gasteiger partial charge in [-0.15, -0.1) is 0 Å². The number of halogens is 1. The Balaban J connectivity index is 2.10. The lowest BCUT2D eigenvalue weighted by molar-refractivity contribution is -0.127. The zero-order valence-corrected chi connectivity index (χ0v) is 19.0. The number of hydrogen-bond acceptors (Lipinski definition) is 6. The fourth-order valence-electron chi connectivity index (χ4n) is 4.41. The molecule has 0 spiro atoms. The summed E-state index contributed by atoms with van der Waals surface area (Å²) in [7, 11) is 0. The van der Waals surface area contributed by atoms with E-state index in [9.17, 15) is 9.18 Å². The smallest absolute Gasteiger partial charge is 0.227 e. The van der Waals surface area contributed by atoms with Gasteiger partial charge in [0.2, 0.25) is 5.91 Å². The van der Waals surface area contributed by atoms with Crippen LogP contribution in [0.25, 0.3) is 0 Å². The van der Waals surface area contributed by atoms with E-state index in [2.05, 4.69) is 40.3 Å². The highest BCUT2D eigenvalue weighted by molar-refractivity contribution is 5.92. The molecule has 7 unspecified atom stereocenters. The highest BCUT2D eigenvalue weighted by Crippen LogP contribution is 2.23. The molecule has 0 aliphatic carbocycles. The van der Waals surface area contributed by atoms with E-state index in [-0.39, 0.29) is 36.4 Å². The number of nitrogens with one attached hydrogen (secondary N) is 4. The Morgan fingerprint density at radius 2 is 2.17 bits per heavy atom. The van der Waals surface area contributed by atoms with Gasteiger partial charge in [0, 0.05) is 42.7 Å². The molecule has 0 saturated carbocycles. The molecule has 2 aliphatic rings. The molecule has 2 rings (SSSR count). The van der Waals surface area contributed by atoms with Crippen LogP contribution >= 0.6 is 0 Å². The molecule has 2 heterocycles. The summed E-state index contributed by atoms with van der Waals surface area (Å²) in [5.74, 6) is -0.113. The van der Waals surface area contributed by atoms with E-state index >= 15 is 0 Å². The van der Waals surface area contributed by atoms with Gasteiger partial charge in [0.1, 0.15) is 6.17 Å². The van der Waals surface area contributed by atoms with Gasteiger partial charge in [-0.2, -0.15) is 0 Å². The van der Waals surface area contributed by atoms with Crippen molar-refractivity contribution in [3.8, 4) is 0 Å². The van der Waals surface area contributed by atoms with Crippen molar-refractivity contribution in [1.82, 2.24) is 21.3 Å². The number of dihydropyridines is 1. The average Bonchev–Trinajstić information content (AvgIpc) is 2.73. The molecular formula is C22H41FN6O. The normalized spacial score (nSPS) is 28.3. The molecule has 0 radical (unpaired) electrons. The van der Waals surface area contributed by atoms with Gasteiger partial charge < -0.3 is 27.0 Å². The Morgan fingerprint density at radius 1 is 1.40 bits per heavy atom. The summed E-state index contributed by atoms with van der Waals surface area (Å²) in [6.45, 7) is 11.0. The monoisotopic (exact) mass is 424 g/mol. The van der Waals surface area contributed by atoms with Crippen LogP contribution < -0.4 is 27.0 Å². The fourth-order valence-corrected chi connectivity index (χ4v) is 4.41. The maximum Gasteiger partial charge on any atom is 0.227 e. The van der Waals surface area contributed by atoms with Crippen LogP contribution in [0.3, 0.4) is 0 Å². The maximum absolute atomic E-state index is 13.7. The van der Waals surface area contributed by atoms with Gasteiger partial charge in [-0.25, -0.2) is 4.39 Å². The largest absolute Gasteiger partial charge is 0.351 e. The van der Waals surface area contributed by atoms with Gasteiger partial charge in [0.05, 0.1) is 18.6 Å². The van der Waals surface area contributed by atoms with Gasteiger partial charge >= 0.3 is 0 Å². The molecule has 0 aromatic carbocycles. The molecule has 8 heteroatoms. The first-order valence-corrected chi connectivity index (χ1v) is 11.5. The number of hydrogen-bond donors (Lipinski definition) is 5. The topological polar surface area (TPSA) is 104 Å². The highest BCUT2D eigenvalue weighted by atomic mass is 19.1. The summed E-state index contributed by atoms with van der Waals surface area (Å²) >= 11 is 0. The Morgan fingerprint density at radius 3 is 2.83 bits per heavy atom. The van der Waals surface area contributed by atoms with Gasteiger partial charge in [0.15, 0.2) is 0 Å². The summed E-state index contributed by atoms with van der Waals surface area (Å²) in [4.78, 5) is 18.1. The number of rotatable bonds is 11. The van der Waals surface area contributed by atoms with E-state index in [0.29, 0.717) is 26.1 Å². The van der Waals surface area contributed by atoms with Gasteiger partial charge in [0.25, 0.3) is 0 Å². The summed E-state index contributed by atoms with van der Waals surface area (Å²) in [6.07, 6.45) is 4.23. The molecular weight excluding hydrogens is 383 g/mol. The second-order valence-corrected chi connectivity index (χ2v) is 8.51. The van der Waals surface area contributed by atoms with Crippen LogP contribution in [0.15, 0.2) is 17.1 Å². The van der Waals surface area contributed by atoms with Crippen molar-refractivity contribution in [2.75, 3.05) is 32.7 Å². The number of allylic oxidation sites excluding steroid dienone is 1. The lowest BCUT2D eigenvalue weighted by Crippen LogP contribution is -2.61. The third kappa shape index (κ3) is 6.83. The van der Waals surface area contributed by atoms with Crippen molar-refractivity contribution < 1.29 is 9.18 Å². The van der Waals surface area contributed by atoms with E-state index in [1.54, 1.807) is 0 Å². The minimum Gasteiger partial charge on any atom is -0.351 e. The predicted molar refractivity (Wildman–Crippen MR) is 121 cm³/mol. The number of alkyl halides is 1. The van der Waals surface area contributed by atoms with Crippen LogP contribution in [0.4, 0.5) is 4.39 Å². The highest BCUT2D eigenvalue weighted by Gasteiger charge is 2.37. The second-order valence-electron chi connectivity index (χ2n) is 8.51. The SMILES string of the molecule is CCNC(N)C(C(=O)NC1CNCCC1C1=NCC=CC1C)C(C)NCC(F)CC. The van der Waals surface area contributed by atoms with Crippen molar-refractivity contribution in [2.45, 2.75) is 65.0 Å². The van der Waals surface area contributed by atoms with Crippen molar-refractivity contribution in [3.63, 3.8) is 0 Å². The van der Waals surface area contributed by atoms with Crippen molar-refractivity contribution >= 4 is 11.6 Å². The first-order valence-electron chi connectivity index (χ1n) is 11.5. The molecule has 1 amide bonds. The van der Waals surface area contributed by atoms with Crippen molar-refractivity contribution in [1.29, 1.82) is 0 Å². The van der Waals surface area contributed by atoms with Crippen molar-refractivity contribution in [2.24, 2.45) is 28.5 Å². The Hall–Kier alpha value is -1.35. The number of nitrogens with zero attached hydrogens (tertiary/aromatic N) is 1. The Bertz CT molecular complexity index is 598. The maximum atomic E-state index is 13.7. The van der Waals surface area contributed by atoms with Gasteiger partial charge in [-0.3, -0.25) is 9.79 Å². The first kappa shape index (κ1) is 24.9. The van der Waals surface area contributed by atoms with Crippen LogP contribution in [0.2, 0.25) is 0 Å². The third-order valence-corrected chi connectivity index (χ3v) is 6.23. The minimum absolute atomic E-state index is 0.0351. The first-order chi connectivity index (χ1) is 14.4. The van der Waals surface area contributed by atoms with Gasteiger partial charge in [-0.05, 0) is 32.9 Å². The molecule has 0 bridgehead atoms. The van der Waals surface area contributed by atoms with E-state index in [1.165, 1.54) is 5.71 Å². The van der Waals surface area contributed by atoms with Crippen LogP contribution in [-0.2, 0) is 4.79 Å². The number of aliphatic imine (C=N–C) groups is 1. The molecule has 30 heavy (non-hydrogen) atoms. The van der Waals surface area contributed by atoms with Crippen LogP contribution in [0.1, 0.15) is 40.5 Å². The van der Waals surface area contributed by atoms with E-state index in [4.69, 9.17) is 10.7 Å². The Labute approximate surface area is 180 Å². The lowest BCUT2D eigenvalue weighted by atomic mass is 9.81.